The maximum atomic E-state index is 13.0. The second-order valence-electron chi connectivity index (χ2n) is 8.19. The number of benzene rings is 3. The second-order valence-corrected chi connectivity index (χ2v) is 11.2. The summed E-state index contributed by atoms with van der Waals surface area (Å²) in [5.41, 5.74) is 3.26. The third-order valence-corrected chi connectivity index (χ3v) is 8.23. The second kappa shape index (κ2) is 10.5. The first-order valence-corrected chi connectivity index (χ1v) is 14.0. The SMILES string of the molecule is O=S(=O)(NCCN=c1cc(-c2ccccc2Cl)nc2c(c1)CNC=C2Br)c1cccc2ccccc12. The molecule has 1 aromatic heterocycles. The Balaban J connectivity index is 1.45. The number of aromatic nitrogens is 1. The van der Waals surface area contributed by atoms with Crippen LogP contribution in [0.25, 0.3) is 26.5 Å². The van der Waals surface area contributed by atoms with Gasteiger partial charge in [-0.05, 0) is 45.6 Å². The van der Waals surface area contributed by atoms with E-state index in [9.17, 15) is 8.42 Å². The average molecular weight is 582 g/mol. The van der Waals surface area contributed by atoms with Gasteiger partial charge in [0, 0.05) is 40.8 Å². The van der Waals surface area contributed by atoms with E-state index in [0.717, 1.165) is 26.7 Å². The molecule has 0 spiro atoms. The molecule has 0 saturated heterocycles. The topological polar surface area (TPSA) is 83.5 Å². The lowest BCUT2D eigenvalue weighted by Gasteiger charge is -2.12. The maximum Gasteiger partial charge on any atom is 0.241 e. The van der Waals surface area contributed by atoms with E-state index in [-0.39, 0.29) is 18.0 Å². The van der Waals surface area contributed by atoms with E-state index in [1.807, 2.05) is 72.9 Å². The van der Waals surface area contributed by atoms with Crippen LogP contribution in [0.15, 0.2) is 95.0 Å². The summed E-state index contributed by atoms with van der Waals surface area (Å²) in [5.74, 6) is 0. The van der Waals surface area contributed by atoms with Gasteiger partial charge >= 0.3 is 0 Å². The van der Waals surface area contributed by atoms with Gasteiger partial charge in [0.1, 0.15) is 0 Å². The highest BCUT2D eigenvalue weighted by Gasteiger charge is 2.17. The van der Waals surface area contributed by atoms with Gasteiger partial charge in [0.05, 0.1) is 32.7 Å². The molecule has 5 rings (SSSR count). The van der Waals surface area contributed by atoms with Crippen molar-refractivity contribution < 1.29 is 8.42 Å². The summed E-state index contributed by atoms with van der Waals surface area (Å²) in [6, 6.07) is 24.0. The van der Waals surface area contributed by atoms with Crippen molar-refractivity contribution in [1.29, 1.82) is 0 Å². The molecule has 36 heavy (non-hydrogen) atoms. The summed E-state index contributed by atoms with van der Waals surface area (Å²) in [4.78, 5) is 9.81. The number of sulfonamides is 1. The van der Waals surface area contributed by atoms with E-state index in [4.69, 9.17) is 16.6 Å². The van der Waals surface area contributed by atoms with Gasteiger partial charge < -0.3 is 5.32 Å². The highest BCUT2D eigenvalue weighted by atomic mass is 79.9. The molecule has 1 aliphatic heterocycles. The normalized spacial score (nSPS) is 13.7. The Morgan fingerprint density at radius 2 is 1.81 bits per heavy atom. The molecule has 6 nitrogen and oxygen atoms in total. The molecule has 0 fully saturated rings. The molecule has 0 bridgehead atoms. The van der Waals surface area contributed by atoms with Gasteiger partial charge in [-0.2, -0.15) is 0 Å². The van der Waals surface area contributed by atoms with Crippen molar-refractivity contribution in [2.24, 2.45) is 4.99 Å². The van der Waals surface area contributed by atoms with E-state index in [1.54, 1.807) is 12.1 Å². The van der Waals surface area contributed by atoms with Crippen molar-refractivity contribution in [1.82, 2.24) is 15.0 Å². The molecule has 9 heteroatoms. The van der Waals surface area contributed by atoms with Crippen LogP contribution in [0.1, 0.15) is 11.3 Å². The van der Waals surface area contributed by atoms with Crippen molar-refractivity contribution in [3.63, 3.8) is 0 Å². The number of hydrogen-bond donors (Lipinski definition) is 2. The fourth-order valence-corrected chi connectivity index (χ4v) is 6.07. The van der Waals surface area contributed by atoms with Crippen molar-refractivity contribution in [2.45, 2.75) is 11.4 Å². The molecule has 4 aromatic rings. The molecular weight excluding hydrogens is 560 g/mol. The quantitative estimate of drug-likeness (QED) is 0.306. The lowest BCUT2D eigenvalue weighted by atomic mass is 10.1. The number of halogens is 2. The number of hydrogen-bond acceptors (Lipinski definition) is 5. The molecule has 3 aromatic carbocycles. The molecule has 2 N–H and O–H groups in total. The van der Waals surface area contributed by atoms with Gasteiger partial charge in [0.25, 0.3) is 0 Å². The summed E-state index contributed by atoms with van der Waals surface area (Å²) < 4.78 is 29.5. The van der Waals surface area contributed by atoms with Gasteiger partial charge in [-0.15, -0.1) is 0 Å². The Morgan fingerprint density at radius 3 is 2.67 bits per heavy atom. The smallest absolute Gasteiger partial charge is 0.241 e. The monoisotopic (exact) mass is 580 g/mol. The first kappa shape index (κ1) is 24.6. The summed E-state index contributed by atoms with van der Waals surface area (Å²) in [7, 11) is -3.70. The first-order valence-electron chi connectivity index (χ1n) is 11.3. The fraction of sp³-hybridized carbons (Fsp3) is 0.111. The van der Waals surface area contributed by atoms with E-state index in [1.165, 1.54) is 0 Å². The van der Waals surface area contributed by atoms with Crippen LogP contribution in [0.3, 0.4) is 0 Å². The zero-order valence-electron chi connectivity index (χ0n) is 19.1. The van der Waals surface area contributed by atoms with Crippen LogP contribution in [0.4, 0.5) is 0 Å². The Bertz CT molecular complexity index is 1670. The first-order chi connectivity index (χ1) is 17.4. The zero-order chi connectivity index (χ0) is 25.1. The summed E-state index contributed by atoms with van der Waals surface area (Å²) >= 11 is 10.0. The van der Waals surface area contributed by atoms with E-state index < -0.39 is 10.0 Å². The largest absolute Gasteiger partial charge is 0.386 e. The molecular formula is C27H22BrClN4O2S. The Labute approximate surface area is 223 Å². The minimum atomic E-state index is -3.70. The highest BCUT2D eigenvalue weighted by molar-refractivity contribution is 9.15. The van der Waals surface area contributed by atoms with E-state index >= 15 is 0 Å². The van der Waals surface area contributed by atoms with Crippen LogP contribution < -0.4 is 15.4 Å². The van der Waals surface area contributed by atoms with Gasteiger partial charge in [-0.1, -0.05) is 66.2 Å². The van der Waals surface area contributed by atoms with Gasteiger partial charge in [-0.25, -0.2) is 18.1 Å². The zero-order valence-corrected chi connectivity index (χ0v) is 22.2. The summed E-state index contributed by atoms with van der Waals surface area (Å²) in [6.07, 6.45) is 1.87. The van der Waals surface area contributed by atoms with Crippen LogP contribution in [0.2, 0.25) is 5.02 Å². The number of nitrogens with zero attached hydrogens (tertiary/aromatic N) is 2. The lowest BCUT2D eigenvalue weighted by Crippen LogP contribution is -2.27. The van der Waals surface area contributed by atoms with Crippen LogP contribution in [0.5, 0.6) is 0 Å². The average Bonchev–Trinajstić information content (AvgIpc) is 3.07. The molecule has 0 atom stereocenters. The number of nitrogens with one attached hydrogen (secondary N) is 2. The molecule has 0 aliphatic carbocycles. The van der Waals surface area contributed by atoms with Gasteiger partial charge in [0.2, 0.25) is 10.0 Å². The van der Waals surface area contributed by atoms with Crippen LogP contribution >= 0.6 is 27.5 Å². The number of fused-ring (bicyclic) bond motifs is 2. The molecule has 1 aliphatic rings. The minimum absolute atomic E-state index is 0.156. The van der Waals surface area contributed by atoms with E-state index in [0.29, 0.717) is 28.0 Å². The number of rotatable bonds is 6. The Kier molecular flexibility index (Phi) is 7.20. The predicted octanol–water partition coefficient (Wildman–Crippen LogP) is 5.23. The third-order valence-electron chi connectivity index (χ3n) is 5.78. The fourth-order valence-electron chi connectivity index (χ4n) is 4.08. The van der Waals surface area contributed by atoms with Crippen molar-refractivity contribution in [3.8, 4) is 11.3 Å². The molecule has 0 saturated carbocycles. The van der Waals surface area contributed by atoms with Crippen molar-refractivity contribution in [3.05, 3.63) is 107 Å². The molecule has 0 unspecified atom stereocenters. The third kappa shape index (κ3) is 5.22. The summed E-state index contributed by atoms with van der Waals surface area (Å²) in [5, 5.41) is 6.05. The van der Waals surface area contributed by atoms with Crippen LogP contribution in [0, 0.1) is 0 Å². The maximum absolute atomic E-state index is 13.0. The van der Waals surface area contributed by atoms with Crippen LogP contribution in [-0.4, -0.2) is 26.5 Å². The highest BCUT2D eigenvalue weighted by Crippen LogP contribution is 2.29. The molecule has 182 valence electrons. The minimum Gasteiger partial charge on any atom is -0.386 e. The van der Waals surface area contributed by atoms with Crippen LogP contribution in [-0.2, 0) is 16.6 Å². The Hall–Kier alpha value is -3.04. The van der Waals surface area contributed by atoms with Crippen molar-refractivity contribution >= 4 is 52.8 Å². The molecule has 2 heterocycles. The predicted molar refractivity (Wildman–Crippen MR) is 148 cm³/mol. The van der Waals surface area contributed by atoms with Gasteiger partial charge in [-0.3, -0.25) is 4.99 Å². The molecule has 0 amide bonds. The standard InChI is InChI=1S/C27H22BrClN4O2S/c28-23-17-30-16-19-14-20(15-25(33-27(19)23)22-9-3-4-10-24(22)29)31-12-13-32-36(34,35)26-11-5-7-18-6-1-2-8-21(18)26/h1-11,14-15,17,30,32H,12-13,16H2. The molecule has 0 radical (unpaired) electrons. The van der Waals surface area contributed by atoms with E-state index in [2.05, 4.69) is 31.0 Å². The summed E-state index contributed by atoms with van der Waals surface area (Å²) in [6.45, 7) is 1.02. The Morgan fingerprint density at radius 1 is 1.03 bits per heavy atom. The van der Waals surface area contributed by atoms with Crippen molar-refractivity contribution in [2.75, 3.05) is 13.1 Å². The van der Waals surface area contributed by atoms with Gasteiger partial charge in [0.15, 0.2) is 0 Å². The lowest BCUT2D eigenvalue weighted by molar-refractivity contribution is 0.583.